The van der Waals surface area contributed by atoms with Gasteiger partial charge in [0, 0.05) is 29.6 Å². The fraction of sp³-hybridized carbons (Fsp3) is 0.565. The van der Waals surface area contributed by atoms with Gasteiger partial charge in [0.25, 0.3) is 0 Å². The number of ether oxygens (including phenoxy) is 1. The first-order chi connectivity index (χ1) is 14.8. The largest absolute Gasteiger partial charge is 0.363 e. The Hall–Kier alpha value is -1.61. The average molecular weight is 461 g/mol. The van der Waals surface area contributed by atoms with Crippen molar-refractivity contribution in [1.29, 1.82) is 0 Å². The molecule has 2 fully saturated rings. The number of Topliss-reactive ketones (excluding diaryl/α,β-unsaturated/α-hetero) is 1. The molecule has 166 valence electrons. The molecule has 31 heavy (non-hydrogen) atoms. The molecule has 4 heterocycles. The van der Waals surface area contributed by atoms with Crippen LogP contribution >= 0.6 is 11.3 Å². The molecular formula is C23H28N2O4S2. The Bertz CT molecular complexity index is 1100. The molecule has 0 bridgehead atoms. The van der Waals surface area contributed by atoms with E-state index in [1.165, 1.54) is 16.6 Å². The smallest absolute Gasteiger partial charge is 0.179 e. The number of ketones is 1. The Labute approximate surface area is 187 Å². The number of fused-ring (bicyclic) bond motifs is 2. The first kappa shape index (κ1) is 21.2. The topological polar surface area (TPSA) is 85.4 Å². The maximum absolute atomic E-state index is 13.0. The van der Waals surface area contributed by atoms with Crippen LogP contribution in [-0.2, 0) is 33.0 Å². The van der Waals surface area contributed by atoms with Crippen LogP contribution in [0.2, 0.25) is 0 Å². The summed E-state index contributed by atoms with van der Waals surface area (Å²) in [7, 11) is -3.25. The lowest BCUT2D eigenvalue weighted by atomic mass is 9.84. The molecule has 8 heteroatoms. The summed E-state index contributed by atoms with van der Waals surface area (Å²) in [5.41, 5.74) is 1.84. The van der Waals surface area contributed by atoms with Crippen molar-refractivity contribution in [2.75, 3.05) is 18.8 Å². The minimum atomic E-state index is -3.25. The molecule has 1 saturated heterocycles. The third-order valence-corrected chi connectivity index (χ3v) is 9.91. The number of nitrogens with one attached hydrogen (secondary N) is 1. The van der Waals surface area contributed by atoms with Crippen LogP contribution in [0.4, 0.5) is 0 Å². The Morgan fingerprint density at radius 2 is 2.00 bits per heavy atom. The summed E-state index contributed by atoms with van der Waals surface area (Å²) in [4.78, 5) is 19.6. The van der Waals surface area contributed by atoms with Crippen molar-refractivity contribution in [3.63, 3.8) is 0 Å². The van der Waals surface area contributed by atoms with E-state index in [0.717, 1.165) is 55.8 Å². The average Bonchev–Trinajstić information content (AvgIpc) is 3.36. The van der Waals surface area contributed by atoms with Gasteiger partial charge in [0.1, 0.15) is 5.60 Å². The van der Waals surface area contributed by atoms with Gasteiger partial charge >= 0.3 is 0 Å². The number of nitrogens with zero attached hydrogens (tertiary/aromatic N) is 1. The molecule has 3 aliphatic rings. The van der Waals surface area contributed by atoms with Crippen LogP contribution in [0.1, 0.15) is 64.8 Å². The number of rotatable bonds is 6. The second-order valence-corrected chi connectivity index (χ2v) is 12.3. The fourth-order valence-corrected chi connectivity index (χ4v) is 6.93. The summed E-state index contributed by atoms with van der Waals surface area (Å²) < 4.78 is 30.6. The molecule has 0 radical (unpaired) electrons. The first-order valence-corrected chi connectivity index (χ1v) is 13.6. The predicted octanol–water partition coefficient (Wildman–Crippen LogP) is 3.44. The highest BCUT2D eigenvalue weighted by Crippen LogP contribution is 2.56. The Morgan fingerprint density at radius 1 is 1.23 bits per heavy atom. The number of aromatic nitrogens is 1. The molecule has 1 aliphatic carbocycles. The number of sulfone groups is 1. The maximum atomic E-state index is 13.0. The quantitative estimate of drug-likeness (QED) is 0.665. The number of pyridine rings is 1. The van der Waals surface area contributed by atoms with Crippen LogP contribution in [0, 0.1) is 0 Å². The van der Waals surface area contributed by atoms with Gasteiger partial charge in [0.05, 0.1) is 21.1 Å². The number of aryl methyl sites for hydroxylation is 1. The van der Waals surface area contributed by atoms with Crippen molar-refractivity contribution < 1.29 is 17.9 Å². The van der Waals surface area contributed by atoms with Crippen LogP contribution in [0.3, 0.4) is 0 Å². The van der Waals surface area contributed by atoms with Crippen LogP contribution in [0.15, 0.2) is 29.3 Å². The normalized spacial score (nSPS) is 21.2. The molecule has 1 N–H and O–H groups in total. The number of thiophene rings is 1. The molecule has 2 aromatic heterocycles. The number of carbonyl (C=O) groups is 1. The van der Waals surface area contributed by atoms with Crippen LogP contribution in [0.25, 0.3) is 0 Å². The molecule has 2 spiro atoms. The zero-order valence-electron chi connectivity index (χ0n) is 17.8. The van der Waals surface area contributed by atoms with E-state index in [1.54, 1.807) is 30.4 Å². The number of carbonyl (C=O) groups excluding carboxylic acids is 1. The molecular weight excluding hydrogens is 432 g/mol. The zero-order valence-corrected chi connectivity index (χ0v) is 19.4. The first-order valence-electron chi connectivity index (χ1n) is 11.1. The molecule has 2 aromatic rings. The fourth-order valence-electron chi connectivity index (χ4n) is 4.78. The van der Waals surface area contributed by atoms with E-state index in [-0.39, 0.29) is 27.6 Å². The Morgan fingerprint density at radius 3 is 2.65 bits per heavy atom. The molecule has 1 saturated carbocycles. The van der Waals surface area contributed by atoms with Gasteiger partial charge in [0.2, 0.25) is 0 Å². The second kappa shape index (κ2) is 7.76. The van der Waals surface area contributed by atoms with Gasteiger partial charge < -0.3 is 10.1 Å². The lowest BCUT2D eigenvalue weighted by Crippen LogP contribution is -2.47. The lowest BCUT2D eigenvalue weighted by molar-refractivity contribution is -0.138. The van der Waals surface area contributed by atoms with Crippen LogP contribution in [0.5, 0.6) is 0 Å². The van der Waals surface area contributed by atoms with Gasteiger partial charge in [-0.25, -0.2) is 8.42 Å². The minimum Gasteiger partial charge on any atom is -0.363 e. The molecule has 0 unspecified atom stereocenters. The molecule has 0 aromatic carbocycles. The van der Waals surface area contributed by atoms with Crippen molar-refractivity contribution in [3.8, 4) is 0 Å². The second-order valence-electron chi connectivity index (χ2n) is 8.98. The van der Waals surface area contributed by atoms with Gasteiger partial charge in [-0.3, -0.25) is 9.78 Å². The van der Waals surface area contributed by atoms with E-state index < -0.39 is 9.84 Å². The van der Waals surface area contributed by atoms with Gasteiger partial charge in [-0.15, -0.1) is 11.3 Å². The third-order valence-electron chi connectivity index (χ3n) is 6.79. The van der Waals surface area contributed by atoms with Gasteiger partial charge in [-0.05, 0) is 69.0 Å². The molecule has 2 aliphatic heterocycles. The van der Waals surface area contributed by atoms with E-state index in [4.69, 9.17) is 4.74 Å². The van der Waals surface area contributed by atoms with Gasteiger partial charge in [0.15, 0.2) is 15.6 Å². The highest BCUT2D eigenvalue weighted by Gasteiger charge is 2.56. The third kappa shape index (κ3) is 3.99. The summed E-state index contributed by atoms with van der Waals surface area (Å²) in [6.07, 6.45) is 7.37. The summed E-state index contributed by atoms with van der Waals surface area (Å²) in [5.74, 6) is 0.179. The number of piperidine rings is 1. The standard InChI is InChI=1S/C23H28N2O4S2/c1-2-31(27,28)18-5-3-17(25-15-18)4-6-19(26)20-13-16-14-22(7-8-22)29-23(21(16)30-20)9-11-24-12-10-23/h3,5,13,15,24H,2,4,6-12,14H2,1H3. The summed E-state index contributed by atoms with van der Waals surface area (Å²) in [6.45, 7) is 3.52. The highest BCUT2D eigenvalue weighted by atomic mass is 32.2. The Kier molecular flexibility index (Phi) is 5.32. The SMILES string of the molecule is CCS(=O)(=O)c1ccc(CCC(=O)c2cc3c(s2)C2(CCNCC2)OC2(CC2)C3)nc1. The summed E-state index contributed by atoms with van der Waals surface area (Å²) in [5, 5.41) is 3.43. The molecule has 6 nitrogen and oxygen atoms in total. The van der Waals surface area contributed by atoms with E-state index >= 15 is 0 Å². The summed E-state index contributed by atoms with van der Waals surface area (Å²) in [6, 6.07) is 5.41. The van der Waals surface area contributed by atoms with Gasteiger partial charge in [-0.2, -0.15) is 0 Å². The molecule has 0 atom stereocenters. The Balaban J connectivity index is 1.31. The van der Waals surface area contributed by atoms with Crippen molar-refractivity contribution >= 4 is 27.0 Å². The molecule has 5 rings (SSSR count). The van der Waals surface area contributed by atoms with Crippen molar-refractivity contribution in [1.82, 2.24) is 10.3 Å². The summed E-state index contributed by atoms with van der Waals surface area (Å²) >= 11 is 1.62. The van der Waals surface area contributed by atoms with Gasteiger partial charge in [-0.1, -0.05) is 6.92 Å². The van der Waals surface area contributed by atoms with Crippen molar-refractivity contribution in [2.24, 2.45) is 0 Å². The van der Waals surface area contributed by atoms with Crippen molar-refractivity contribution in [3.05, 3.63) is 45.4 Å². The van der Waals surface area contributed by atoms with Crippen LogP contribution in [-0.4, -0.2) is 43.6 Å². The van der Waals surface area contributed by atoms with E-state index in [0.29, 0.717) is 12.8 Å². The van der Waals surface area contributed by atoms with E-state index in [9.17, 15) is 13.2 Å². The van der Waals surface area contributed by atoms with Crippen LogP contribution < -0.4 is 5.32 Å². The molecule has 0 amide bonds. The minimum absolute atomic E-state index is 0.0101. The van der Waals surface area contributed by atoms with Crippen molar-refractivity contribution in [2.45, 2.75) is 68.0 Å². The number of hydrogen-bond acceptors (Lipinski definition) is 7. The monoisotopic (exact) mass is 460 g/mol. The lowest BCUT2D eigenvalue weighted by Gasteiger charge is -2.44. The number of hydrogen-bond donors (Lipinski definition) is 1. The predicted molar refractivity (Wildman–Crippen MR) is 119 cm³/mol. The highest BCUT2D eigenvalue weighted by molar-refractivity contribution is 7.91. The zero-order chi connectivity index (χ0) is 21.7. The van der Waals surface area contributed by atoms with E-state index in [2.05, 4.69) is 16.4 Å². The maximum Gasteiger partial charge on any atom is 0.179 e. The van der Waals surface area contributed by atoms with E-state index in [1.807, 2.05) is 0 Å².